The van der Waals surface area contributed by atoms with Gasteiger partial charge in [0.15, 0.2) is 0 Å². The maximum Gasteiger partial charge on any atom is 0.313 e. The quantitative estimate of drug-likeness (QED) is 0.00983. The van der Waals surface area contributed by atoms with Gasteiger partial charge in [-0.2, -0.15) is 8.78 Å². The molecule has 0 spiro atoms. The van der Waals surface area contributed by atoms with Gasteiger partial charge in [0.1, 0.15) is 5.60 Å². The van der Waals surface area contributed by atoms with Crippen LogP contribution in [0.3, 0.4) is 0 Å². The van der Waals surface area contributed by atoms with Gasteiger partial charge in [-0.3, -0.25) is 4.79 Å². The maximum absolute atomic E-state index is 13.6. The number of rotatable bonds is 32. The van der Waals surface area contributed by atoms with Crippen LogP contribution in [0.1, 0.15) is 23.1 Å². The standard InChI is InChI=1S/C44H51F5O11/c45-38-39(46)41(48)43(42(49)40(38)47)60-37(50)16-17-51-18-19-52-20-21-53-22-23-54-24-25-55-26-27-56-28-29-57-30-31-58-32-33-59-44(34-10-4-1-5-11-34,35-12-6-2-7-13-35)36-14-8-3-9-15-36/h1-15H,16-33H2. The van der Waals surface area contributed by atoms with Crippen molar-refractivity contribution in [1.82, 2.24) is 0 Å². The summed E-state index contributed by atoms with van der Waals surface area (Å²) in [5, 5.41) is 0. The van der Waals surface area contributed by atoms with E-state index in [2.05, 4.69) is 41.1 Å². The fourth-order valence-corrected chi connectivity index (χ4v) is 5.66. The summed E-state index contributed by atoms with van der Waals surface area (Å²) in [6.45, 7) is 5.46. The first-order valence-electron chi connectivity index (χ1n) is 19.5. The highest BCUT2D eigenvalue weighted by Gasteiger charge is 2.37. The van der Waals surface area contributed by atoms with Crippen LogP contribution in [-0.2, 0) is 53.0 Å². The van der Waals surface area contributed by atoms with Crippen molar-refractivity contribution in [2.24, 2.45) is 0 Å². The van der Waals surface area contributed by atoms with Gasteiger partial charge >= 0.3 is 5.97 Å². The third-order valence-electron chi connectivity index (χ3n) is 8.53. The number of hydrogen-bond donors (Lipinski definition) is 0. The van der Waals surface area contributed by atoms with Crippen molar-refractivity contribution < 1.29 is 74.1 Å². The Balaban J connectivity index is 0.896. The van der Waals surface area contributed by atoms with Crippen LogP contribution in [0.25, 0.3) is 0 Å². The Labute approximate surface area is 346 Å². The predicted molar refractivity (Wildman–Crippen MR) is 208 cm³/mol. The summed E-state index contributed by atoms with van der Waals surface area (Å²) in [6, 6.07) is 30.6. The van der Waals surface area contributed by atoms with Gasteiger partial charge in [0.25, 0.3) is 0 Å². The molecule has 0 aliphatic carbocycles. The summed E-state index contributed by atoms with van der Waals surface area (Å²) in [7, 11) is 0. The van der Waals surface area contributed by atoms with Crippen molar-refractivity contribution in [1.29, 1.82) is 0 Å². The Morgan fingerprint density at radius 2 is 0.633 bits per heavy atom. The normalized spacial score (nSPS) is 11.6. The molecule has 4 aromatic carbocycles. The molecule has 0 saturated carbocycles. The number of carbonyl (C=O) groups excluding carboxylic acids is 1. The van der Waals surface area contributed by atoms with E-state index in [1.807, 2.05) is 54.6 Å². The third-order valence-corrected chi connectivity index (χ3v) is 8.53. The van der Waals surface area contributed by atoms with Gasteiger partial charge < -0.3 is 47.4 Å². The van der Waals surface area contributed by atoms with Crippen molar-refractivity contribution in [3.63, 3.8) is 0 Å². The molecule has 0 unspecified atom stereocenters. The number of carbonyl (C=O) groups is 1. The first-order chi connectivity index (χ1) is 29.4. The van der Waals surface area contributed by atoms with Gasteiger partial charge in [-0.1, -0.05) is 91.0 Å². The smallest absolute Gasteiger partial charge is 0.313 e. The van der Waals surface area contributed by atoms with E-state index < -0.39 is 52.8 Å². The minimum atomic E-state index is -2.35. The molecular weight excluding hydrogens is 799 g/mol. The summed E-state index contributed by atoms with van der Waals surface area (Å²) >= 11 is 0. The molecule has 11 nitrogen and oxygen atoms in total. The highest BCUT2D eigenvalue weighted by atomic mass is 19.2. The summed E-state index contributed by atoms with van der Waals surface area (Å²) in [5.74, 6) is -14.1. The SMILES string of the molecule is O=C(CCOCCOCCOCCOCCOCCOCCOCCOCCOC(c1ccccc1)(c1ccccc1)c1ccccc1)Oc1c(F)c(F)c(F)c(F)c1F. The lowest BCUT2D eigenvalue weighted by atomic mass is 9.80. The molecule has 0 bridgehead atoms. The zero-order chi connectivity index (χ0) is 42.7. The molecule has 0 aliphatic rings. The van der Waals surface area contributed by atoms with E-state index >= 15 is 0 Å². The van der Waals surface area contributed by atoms with Crippen LogP contribution in [0, 0.1) is 29.1 Å². The lowest BCUT2D eigenvalue weighted by molar-refractivity contribution is -0.136. The van der Waals surface area contributed by atoms with E-state index in [-0.39, 0.29) is 26.4 Å². The van der Waals surface area contributed by atoms with E-state index in [0.717, 1.165) is 16.7 Å². The zero-order valence-electron chi connectivity index (χ0n) is 33.3. The summed E-state index contributed by atoms with van der Waals surface area (Å²) in [5.41, 5.74) is 2.33. The van der Waals surface area contributed by atoms with Gasteiger partial charge in [-0.15, -0.1) is 0 Å². The number of hydrogen-bond acceptors (Lipinski definition) is 11. The van der Waals surface area contributed by atoms with Crippen molar-refractivity contribution in [2.45, 2.75) is 12.0 Å². The molecule has 0 N–H and O–H groups in total. The second kappa shape index (κ2) is 28.2. The Hall–Kier alpha value is -4.36. The number of benzene rings is 4. The highest BCUT2D eigenvalue weighted by Crippen LogP contribution is 2.40. The van der Waals surface area contributed by atoms with Gasteiger partial charge in [0.2, 0.25) is 34.8 Å². The lowest BCUT2D eigenvalue weighted by Crippen LogP contribution is -2.34. The number of esters is 1. The van der Waals surface area contributed by atoms with E-state index in [9.17, 15) is 26.7 Å². The highest BCUT2D eigenvalue weighted by molar-refractivity contribution is 5.72. The Bertz CT molecular complexity index is 1650. The van der Waals surface area contributed by atoms with Gasteiger partial charge in [-0.05, 0) is 16.7 Å². The molecular formula is C44H51F5O11. The fraction of sp³-hybridized carbons (Fsp3) is 0.432. The van der Waals surface area contributed by atoms with Crippen LogP contribution < -0.4 is 4.74 Å². The van der Waals surface area contributed by atoms with Gasteiger partial charge in [-0.25, -0.2) is 13.2 Å². The molecule has 16 heteroatoms. The molecule has 0 atom stereocenters. The molecule has 0 aromatic heterocycles. The lowest BCUT2D eigenvalue weighted by Gasteiger charge is -2.36. The largest absolute Gasteiger partial charge is 0.420 e. The molecule has 60 heavy (non-hydrogen) atoms. The van der Waals surface area contributed by atoms with Crippen LogP contribution in [0.5, 0.6) is 5.75 Å². The average Bonchev–Trinajstić information content (AvgIpc) is 3.28. The molecule has 0 heterocycles. The number of halogens is 5. The molecule has 0 amide bonds. The molecule has 328 valence electrons. The molecule has 0 radical (unpaired) electrons. The first kappa shape index (κ1) is 48.3. The predicted octanol–water partition coefficient (Wildman–Crippen LogP) is 6.82. The second-order valence-electron chi connectivity index (χ2n) is 12.6. The Morgan fingerprint density at radius 1 is 0.367 bits per heavy atom. The third kappa shape index (κ3) is 15.9. The van der Waals surface area contributed by atoms with E-state index in [1.165, 1.54) is 0 Å². The van der Waals surface area contributed by atoms with E-state index in [4.69, 9.17) is 42.6 Å². The maximum atomic E-state index is 13.6. The van der Waals surface area contributed by atoms with Gasteiger partial charge in [0.05, 0.1) is 119 Å². The number of ether oxygens (including phenoxy) is 10. The summed E-state index contributed by atoms with van der Waals surface area (Å²) in [4.78, 5) is 11.7. The Morgan fingerprint density at radius 3 is 0.950 bits per heavy atom. The van der Waals surface area contributed by atoms with Crippen LogP contribution >= 0.6 is 0 Å². The molecule has 4 aromatic rings. The van der Waals surface area contributed by atoms with Crippen molar-refractivity contribution >= 4 is 5.97 Å². The van der Waals surface area contributed by atoms with Crippen molar-refractivity contribution in [3.05, 3.63) is 137 Å². The summed E-state index contributed by atoms with van der Waals surface area (Å²) in [6.07, 6.45) is -0.490. The van der Waals surface area contributed by atoms with Crippen LogP contribution in [-0.4, -0.2) is 118 Å². The summed E-state index contributed by atoms with van der Waals surface area (Å²) < 4.78 is 121. The fourth-order valence-electron chi connectivity index (χ4n) is 5.66. The molecule has 4 rings (SSSR count). The minimum absolute atomic E-state index is 0.0769. The molecule has 0 saturated heterocycles. The van der Waals surface area contributed by atoms with Crippen LogP contribution in [0.4, 0.5) is 22.0 Å². The minimum Gasteiger partial charge on any atom is -0.420 e. The topological polar surface area (TPSA) is 109 Å². The second-order valence-corrected chi connectivity index (χ2v) is 12.6. The van der Waals surface area contributed by atoms with Crippen LogP contribution in [0.15, 0.2) is 91.0 Å². The first-order valence-corrected chi connectivity index (χ1v) is 19.5. The van der Waals surface area contributed by atoms with Gasteiger partial charge in [0, 0.05) is 0 Å². The van der Waals surface area contributed by atoms with Crippen molar-refractivity contribution in [2.75, 3.05) is 112 Å². The molecule has 0 aliphatic heterocycles. The monoisotopic (exact) mass is 850 g/mol. The Kier molecular flexibility index (Phi) is 22.7. The van der Waals surface area contributed by atoms with E-state index in [0.29, 0.717) is 85.9 Å². The average molecular weight is 851 g/mol. The molecule has 0 fully saturated rings. The van der Waals surface area contributed by atoms with Crippen molar-refractivity contribution in [3.8, 4) is 5.75 Å². The van der Waals surface area contributed by atoms with E-state index in [1.54, 1.807) is 0 Å². The van der Waals surface area contributed by atoms with Crippen LogP contribution in [0.2, 0.25) is 0 Å². The zero-order valence-corrected chi connectivity index (χ0v) is 33.3.